The van der Waals surface area contributed by atoms with E-state index >= 15 is 0 Å². The molecule has 0 unspecified atom stereocenters. The number of rotatable bonds is 16. The lowest BCUT2D eigenvalue weighted by Gasteiger charge is -2.17. The van der Waals surface area contributed by atoms with E-state index in [9.17, 15) is 0 Å². The van der Waals surface area contributed by atoms with Crippen molar-refractivity contribution >= 4 is 11.8 Å². The minimum atomic E-state index is 1.07. The molecule has 3 heteroatoms. The number of nitrogens with zero attached hydrogens (tertiary/aromatic N) is 2. The van der Waals surface area contributed by atoms with Crippen LogP contribution in [0, 0.1) is 0 Å². The quantitative estimate of drug-likeness (QED) is 0.314. The third-order valence-electron chi connectivity index (χ3n) is 4.60. The van der Waals surface area contributed by atoms with Gasteiger partial charge in [0.2, 0.25) is 0 Å². The molecule has 0 fully saturated rings. The van der Waals surface area contributed by atoms with E-state index in [1.165, 1.54) is 95.1 Å². The van der Waals surface area contributed by atoms with Gasteiger partial charge in [-0.15, -0.1) is 0 Å². The third-order valence-corrected chi connectivity index (χ3v) is 5.65. The van der Waals surface area contributed by atoms with Gasteiger partial charge in [0.25, 0.3) is 0 Å². The molecule has 0 radical (unpaired) electrons. The van der Waals surface area contributed by atoms with E-state index in [-0.39, 0.29) is 0 Å². The van der Waals surface area contributed by atoms with E-state index < -0.39 is 0 Å². The second-order valence-electron chi connectivity index (χ2n) is 7.01. The van der Waals surface area contributed by atoms with Crippen molar-refractivity contribution in [2.75, 3.05) is 31.8 Å². The van der Waals surface area contributed by atoms with Crippen LogP contribution in [0.4, 0.5) is 0 Å². The zero-order valence-electron chi connectivity index (χ0n) is 15.8. The SMILES string of the molecule is CCCCCCCCCCCCCCSCCN1C=CN(C)C1. The van der Waals surface area contributed by atoms with Gasteiger partial charge in [-0.25, -0.2) is 0 Å². The van der Waals surface area contributed by atoms with Crippen LogP contribution in [0.1, 0.15) is 84.0 Å². The molecule has 1 aliphatic heterocycles. The minimum absolute atomic E-state index is 1.07. The zero-order chi connectivity index (χ0) is 16.6. The summed E-state index contributed by atoms with van der Waals surface area (Å²) < 4.78 is 0. The lowest BCUT2D eigenvalue weighted by atomic mass is 10.1. The molecule has 0 saturated carbocycles. The van der Waals surface area contributed by atoms with Crippen molar-refractivity contribution in [3.05, 3.63) is 12.4 Å². The van der Waals surface area contributed by atoms with Crippen LogP contribution in [0.3, 0.4) is 0 Å². The Labute approximate surface area is 150 Å². The van der Waals surface area contributed by atoms with Crippen LogP contribution in [0.25, 0.3) is 0 Å². The Balaban J connectivity index is 1.68. The number of hydrogen-bond acceptors (Lipinski definition) is 3. The van der Waals surface area contributed by atoms with Crippen LogP contribution >= 0.6 is 11.8 Å². The van der Waals surface area contributed by atoms with Crippen LogP contribution in [-0.2, 0) is 0 Å². The van der Waals surface area contributed by atoms with Crippen LogP contribution in [0.5, 0.6) is 0 Å². The van der Waals surface area contributed by atoms with Crippen LogP contribution in [-0.4, -0.2) is 41.6 Å². The first kappa shape index (κ1) is 20.7. The first-order valence-corrected chi connectivity index (χ1v) is 11.2. The summed E-state index contributed by atoms with van der Waals surface area (Å²) >= 11 is 2.13. The van der Waals surface area contributed by atoms with Crippen molar-refractivity contribution in [3.63, 3.8) is 0 Å². The summed E-state index contributed by atoms with van der Waals surface area (Å²) in [6, 6.07) is 0. The molecule has 0 bridgehead atoms. The summed E-state index contributed by atoms with van der Waals surface area (Å²) in [5.41, 5.74) is 0. The fourth-order valence-corrected chi connectivity index (χ4v) is 4.04. The van der Waals surface area contributed by atoms with Crippen molar-refractivity contribution in [3.8, 4) is 0 Å². The largest absolute Gasteiger partial charge is 0.362 e. The molecule has 0 aromatic heterocycles. The second-order valence-corrected chi connectivity index (χ2v) is 8.24. The molecule has 1 rings (SSSR count). The van der Waals surface area contributed by atoms with E-state index in [4.69, 9.17) is 0 Å². The summed E-state index contributed by atoms with van der Waals surface area (Å²) in [6.07, 6.45) is 21.8. The Kier molecular flexibility index (Phi) is 13.7. The molecule has 0 saturated heterocycles. The standard InChI is InChI=1S/C20H40N2S/c1-3-4-5-6-7-8-9-10-11-12-13-14-18-23-19-17-22-16-15-21(2)20-22/h15-16H,3-14,17-20H2,1-2H3. The van der Waals surface area contributed by atoms with Gasteiger partial charge in [0.05, 0.1) is 6.67 Å². The van der Waals surface area contributed by atoms with Gasteiger partial charge >= 0.3 is 0 Å². The smallest absolute Gasteiger partial charge is 0.0891 e. The summed E-state index contributed by atoms with van der Waals surface area (Å²) in [5, 5.41) is 0. The summed E-state index contributed by atoms with van der Waals surface area (Å²) in [7, 11) is 2.14. The molecular formula is C20H40N2S. The van der Waals surface area contributed by atoms with Gasteiger partial charge in [0.1, 0.15) is 0 Å². The van der Waals surface area contributed by atoms with Crippen LogP contribution in [0.2, 0.25) is 0 Å². The number of thioether (sulfide) groups is 1. The highest BCUT2D eigenvalue weighted by atomic mass is 32.2. The van der Waals surface area contributed by atoms with E-state index in [2.05, 4.69) is 47.9 Å². The van der Waals surface area contributed by atoms with Crippen molar-refractivity contribution in [2.45, 2.75) is 84.0 Å². The molecular weight excluding hydrogens is 300 g/mol. The van der Waals surface area contributed by atoms with E-state index in [0.717, 1.165) is 6.67 Å². The molecule has 23 heavy (non-hydrogen) atoms. The van der Waals surface area contributed by atoms with Gasteiger partial charge in [-0.2, -0.15) is 11.8 Å². The highest BCUT2D eigenvalue weighted by Crippen LogP contribution is 2.13. The molecule has 0 aliphatic carbocycles. The van der Waals surface area contributed by atoms with Crippen LogP contribution < -0.4 is 0 Å². The van der Waals surface area contributed by atoms with Gasteiger partial charge in [0.15, 0.2) is 0 Å². The van der Waals surface area contributed by atoms with E-state index in [0.29, 0.717) is 0 Å². The van der Waals surface area contributed by atoms with E-state index in [1.54, 1.807) is 0 Å². The van der Waals surface area contributed by atoms with Crippen molar-refractivity contribution < 1.29 is 0 Å². The molecule has 0 atom stereocenters. The average molecular weight is 341 g/mol. The predicted octanol–water partition coefficient (Wildman–Crippen LogP) is 6.10. The average Bonchev–Trinajstić information content (AvgIpc) is 2.96. The normalized spacial score (nSPS) is 14.2. The zero-order valence-corrected chi connectivity index (χ0v) is 16.6. The molecule has 1 aliphatic rings. The monoisotopic (exact) mass is 340 g/mol. The van der Waals surface area contributed by atoms with Crippen molar-refractivity contribution in [2.24, 2.45) is 0 Å². The Bertz CT molecular complexity index is 281. The third kappa shape index (κ3) is 12.7. The summed E-state index contributed by atoms with van der Waals surface area (Å²) in [6.45, 7) is 4.56. The Morgan fingerprint density at radius 1 is 0.739 bits per heavy atom. The maximum absolute atomic E-state index is 2.40. The molecule has 0 amide bonds. The lowest BCUT2D eigenvalue weighted by Crippen LogP contribution is -2.24. The van der Waals surface area contributed by atoms with Gasteiger partial charge in [-0.05, 0) is 12.2 Å². The molecule has 2 nitrogen and oxygen atoms in total. The topological polar surface area (TPSA) is 6.48 Å². The van der Waals surface area contributed by atoms with Crippen molar-refractivity contribution in [1.82, 2.24) is 9.80 Å². The number of unbranched alkanes of at least 4 members (excludes halogenated alkanes) is 11. The molecule has 1 heterocycles. The minimum Gasteiger partial charge on any atom is -0.362 e. The molecule has 0 aromatic rings. The van der Waals surface area contributed by atoms with Gasteiger partial charge in [-0.3, -0.25) is 0 Å². The first-order valence-electron chi connectivity index (χ1n) is 10.0. The summed E-state index contributed by atoms with van der Waals surface area (Å²) in [4.78, 5) is 4.63. The van der Waals surface area contributed by atoms with Crippen molar-refractivity contribution in [1.29, 1.82) is 0 Å². The molecule has 0 aromatic carbocycles. The van der Waals surface area contributed by atoms with Gasteiger partial charge < -0.3 is 9.80 Å². The van der Waals surface area contributed by atoms with Gasteiger partial charge in [-0.1, -0.05) is 77.6 Å². The Morgan fingerprint density at radius 2 is 1.30 bits per heavy atom. The predicted molar refractivity (Wildman–Crippen MR) is 107 cm³/mol. The second kappa shape index (κ2) is 15.2. The lowest BCUT2D eigenvalue weighted by molar-refractivity contribution is 0.310. The van der Waals surface area contributed by atoms with Gasteiger partial charge in [0, 0.05) is 31.7 Å². The van der Waals surface area contributed by atoms with Crippen LogP contribution in [0.15, 0.2) is 12.4 Å². The number of hydrogen-bond donors (Lipinski definition) is 0. The summed E-state index contributed by atoms with van der Waals surface area (Å²) in [5.74, 6) is 2.63. The molecule has 0 N–H and O–H groups in total. The maximum Gasteiger partial charge on any atom is 0.0891 e. The maximum atomic E-state index is 2.40. The van der Waals surface area contributed by atoms with E-state index in [1.807, 2.05) is 0 Å². The Morgan fingerprint density at radius 3 is 1.83 bits per heavy atom. The highest BCUT2D eigenvalue weighted by molar-refractivity contribution is 7.99. The fourth-order valence-electron chi connectivity index (χ4n) is 3.06. The molecule has 136 valence electrons. The Hall–Kier alpha value is -0.310. The fraction of sp³-hybridized carbons (Fsp3) is 0.900. The highest BCUT2D eigenvalue weighted by Gasteiger charge is 2.06. The molecule has 0 spiro atoms. The first-order chi connectivity index (χ1) is 11.3.